The van der Waals surface area contributed by atoms with Gasteiger partial charge in [-0.15, -0.1) is 12.4 Å². The van der Waals surface area contributed by atoms with Crippen LogP contribution in [0.15, 0.2) is 27.7 Å². The molecule has 0 atom stereocenters. The number of fused-ring (bicyclic) bond motifs is 1. The first kappa shape index (κ1) is 11.3. The maximum Gasteiger partial charge on any atom is 0.131 e. The number of nitrogens with zero attached hydrogens (tertiary/aromatic N) is 1. The third-order valence-electron chi connectivity index (χ3n) is 1.85. The standard InChI is InChI=1S/C9H9BrN2O.ClH/c10-6-1-2-7-8(5-6)13-4-3-12-9(7)11;/h1-2,5H,3-4H2,(H2,11,12);1H. The molecule has 0 bridgehead atoms. The Labute approximate surface area is 96.9 Å². The van der Waals surface area contributed by atoms with Crippen molar-refractivity contribution in [3.63, 3.8) is 0 Å². The Bertz CT molecular complexity index is 368. The van der Waals surface area contributed by atoms with Crippen molar-refractivity contribution in [3.8, 4) is 5.75 Å². The van der Waals surface area contributed by atoms with E-state index in [0.717, 1.165) is 15.8 Å². The minimum Gasteiger partial charge on any atom is -0.491 e. The first-order valence-electron chi connectivity index (χ1n) is 4.00. The zero-order valence-corrected chi connectivity index (χ0v) is 9.77. The predicted molar refractivity (Wildman–Crippen MR) is 62.5 cm³/mol. The van der Waals surface area contributed by atoms with Crippen LogP contribution in [0.25, 0.3) is 0 Å². The molecular weight excluding hydrogens is 267 g/mol. The first-order valence-corrected chi connectivity index (χ1v) is 4.79. The molecule has 2 N–H and O–H groups in total. The van der Waals surface area contributed by atoms with E-state index in [9.17, 15) is 0 Å². The summed E-state index contributed by atoms with van der Waals surface area (Å²) in [5.41, 5.74) is 6.63. The molecule has 0 fully saturated rings. The molecule has 76 valence electrons. The van der Waals surface area contributed by atoms with Crippen molar-refractivity contribution in [3.05, 3.63) is 28.2 Å². The van der Waals surface area contributed by atoms with Crippen LogP contribution in [0.3, 0.4) is 0 Å². The monoisotopic (exact) mass is 276 g/mol. The Morgan fingerprint density at radius 2 is 2.21 bits per heavy atom. The van der Waals surface area contributed by atoms with E-state index >= 15 is 0 Å². The lowest BCUT2D eigenvalue weighted by molar-refractivity contribution is 0.331. The van der Waals surface area contributed by atoms with Gasteiger partial charge in [0.05, 0.1) is 12.1 Å². The Morgan fingerprint density at radius 1 is 1.43 bits per heavy atom. The molecule has 1 aliphatic rings. The second kappa shape index (κ2) is 4.66. The molecule has 1 aromatic rings. The average Bonchev–Trinajstić information content (AvgIpc) is 2.28. The number of aliphatic imine (C=N–C) groups is 1. The van der Waals surface area contributed by atoms with Crippen LogP contribution in [-0.4, -0.2) is 19.0 Å². The quantitative estimate of drug-likeness (QED) is 0.788. The normalized spacial score (nSPS) is 14.2. The summed E-state index contributed by atoms with van der Waals surface area (Å²) in [5, 5.41) is 0. The molecule has 0 saturated heterocycles. The lowest BCUT2D eigenvalue weighted by atomic mass is 10.2. The Balaban J connectivity index is 0.000000980. The lowest BCUT2D eigenvalue weighted by Crippen LogP contribution is -2.12. The minimum absolute atomic E-state index is 0. The summed E-state index contributed by atoms with van der Waals surface area (Å²) in [5.74, 6) is 1.35. The van der Waals surface area contributed by atoms with Crippen LogP contribution < -0.4 is 10.5 Å². The summed E-state index contributed by atoms with van der Waals surface area (Å²) in [6, 6.07) is 5.74. The van der Waals surface area contributed by atoms with E-state index in [0.29, 0.717) is 19.0 Å². The van der Waals surface area contributed by atoms with Crippen molar-refractivity contribution >= 4 is 34.2 Å². The second-order valence-corrected chi connectivity index (χ2v) is 3.67. The number of rotatable bonds is 0. The van der Waals surface area contributed by atoms with Crippen LogP contribution in [0.4, 0.5) is 0 Å². The highest BCUT2D eigenvalue weighted by atomic mass is 79.9. The van der Waals surface area contributed by atoms with Gasteiger partial charge in [0, 0.05) is 4.47 Å². The first-order chi connectivity index (χ1) is 6.27. The lowest BCUT2D eigenvalue weighted by Gasteiger charge is -2.06. The molecule has 14 heavy (non-hydrogen) atoms. The van der Waals surface area contributed by atoms with Gasteiger partial charge in [-0.3, -0.25) is 4.99 Å². The summed E-state index contributed by atoms with van der Waals surface area (Å²) in [7, 11) is 0. The maximum atomic E-state index is 5.75. The molecule has 0 spiro atoms. The van der Waals surface area contributed by atoms with Crippen molar-refractivity contribution in [2.75, 3.05) is 13.2 Å². The van der Waals surface area contributed by atoms with Gasteiger partial charge in [0.25, 0.3) is 0 Å². The van der Waals surface area contributed by atoms with Crippen molar-refractivity contribution in [2.45, 2.75) is 0 Å². The topological polar surface area (TPSA) is 47.6 Å². The van der Waals surface area contributed by atoms with Crippen molar-refractivity contribution in [2.24, 2.45) is 10.7 Å². The van der Waals surface area contributed by atoms with E-state index in [1.165, 1.54) is 0 Å². The van der Waals surface area contributed by atoms with Crippen LogP contribution in [0.1, 0.15) is 5.56 Å². The van der Waals surface area contributed by atoms with Gasteiger partial charge in [0.15, 0.2) is 0 Å². The molecule has 0 radical (unpaired) electrons. The highest BCUT2D eigenvalue weighted by Gasteiger charge is 2.10. The van der Waals surface area contributed by atoms with Gasteiger partial charge in [0.1, 0.15) is 18.2 Å². The number of halogens is 2. The Kier molecular flexibility index (Phi) is 3.77. The number of nitrogens with two attached hydrogens (primary N) is 1. The highest BCUT2D eigenvalue weighted by Crippen LogP contribution is 2.24. The van der Waals surface area contributed by atoms with E-state index < -0.39 is 0 Å². The summed E-state index contributed by atoms with van der Waals surface area (Å²) < 4.78 is 6.46. The minimum atomic E-state index is 0. The van der Waals surface area contributed by atoms with Crippen molar-refractivity contribution < 1.29 is 4.74 Å². The molecule has 1 aromatic carbocycles. The SMILES string of the molecule is Cl.NC1=NCCOc2cc(Br)ccc21. The molecule has 5 heteroatoms. The summed E-state index contributed by atoms with van der Waals surface area (Å²) in [6.07, 6.45) is 0. The van der Waals surface area contributed by atoms with E-state index in [1.807, 2.05) is 18.2 Å². The predicted octanol–water partition coefficient (Wildman–Crippen LogP) is 1.97. The van der Waals surface area contributed by atoms with Crippen molar-refractivity contribution in [1.82, 2.24) is 0 Å². The van der Waals surface area contributed by atoms with E-state index in [2.05, 4.69) is 20.9 Å². The van der Waals surface area contributed by atoms with E-state index in [-0.39, 0.29) is 12.4 Å². The Hall–Kier alpha value is -0.740. The average molecular weight is 278 g/mol. The highest BCUT2D eigenvalue weighted by molar-refractivity contribution is 9.10. The molecule has 1 heterocycles. The Morgan fingerprint density at radius 3 is 3.00 bits per heavy atom. The molecule has 0 saturated carbocycles. The third-order valence-corrected chi connectivity index (χ3v) is 2.34. The molecule has 0 aromatic heterocycles. The van der Waals surface area contributed by atoms with Crippen LogP contribution >= 0.6 is 28.3 Å². The van der Waals surface area contributed by atoms with Crippen LogP contribution in [-0.2, 0) is 0 Å². The molecule has 1 aliphatic heterocycles. The van der Waals surface area contributed by atoms with Crippen molar-refractivity contribution in [1.29, 1.82) is 0 Å². The van der Waals surface area contributed by atoms with Gasteiger partial charge in [-0.2, -0.15) is 0 Å². The zero-order valence-electron chi connectivity index (χ0n) is 7.37. The van der Waals surface area contributed by atoms with Gasteiger partial charge in [-0.05, 0) is 18.2 Å². The maximum absolute atomic E-state index is 5.75. The van der Waals surface area contributed by atoms with E-state index in [4.69, 9.17) is 10.5 Å². The summed E-state index contributed by atoms with van der Waals surface area (Å²) >= 11 is 3.38. The number of hydrogen-bond acceptors (Lipinski definition) is 3. The summed E-state index contributed by atoms with van der Waals surface area (Å²) in [4.78, 5) is 4.15. The molecule has 0 aliphatic carbocycles. The molecule has 3 nitrogen and oxygen atoms in total. The van der Waals surface area contributed by atoms with Gasteiger partial charge >= 0.3 is 0 Å². The number of amidine groups is 1. The second-order valence-electron chi connectivity index (χ2n) is 2.76. The number of benzene rings is 1. The van der Waals surface area contributed by atoms with E-state index in [1.54, 1.807) is 0 Å². The number of hydrogen-bond donors (Lipinski definition) is 1. The fraction of sp³-hybridized carbons (Fsp3) is 0.222. The van der Waals surface area contributed by atoms with Gasteiger partial charge in [-0.25, -0.2) is 0 Å². The van der Waals surface area contributed by atoms with Crippen LogP contribution in [0.2, 0.25) is 0 Å². The molecule has 0 amide bonds. The molecule has 0 unspecified atom stereocenters. The van der Waals surface area contributed by atoms with Crippen LogP contribution in [0, 0.1) is 0 Å². The fourth-order valence-electron chi connectivity index (χ4n) is 1.23. The smallest absolute Gasteiger partial charge is 0.131 e. The number of ether oxygens (including phenoxy) is 1. The third kappa shape index (κ3) is 2.19. The van der Waals surface area contributed by atoms with Gasteiger partial charge in [0.2, 0.25) is 0 Å². The fourth-order valence-corrected chi connectivity index (χ4v) is 1.57. The molecule has 2 rings (SSSR count). The van der Waals surface area contributed by atoms with Gasteiger partial charge < -0.3 is 10.5 Å². The summed E-state index contributed by atoms with van der Waals surface area (Å²) in [6.45, 7) is 1.21. The molecular formula is C9H10BrClN2O. The van der Waals surface area contributed by atoms with Crippen LogP contribution in [0.5, 0.6) is 5.75 Å². The largest absolute Gasteiger partial charge is 0.491 e. The zero-order chi connectivity index (χ0) is 9.26. The van der Waals surface area contributed by atoms with Gasteiger partial charge in [-0.1, -0.05) is 15.9 Å².